The Labute approximate surface area is 89.1 Å². The summed E-state index contributed by atoms with van der Waals surface area (Å²) in [6.45, 7) is 5.78. The Kier molecular flexibility index (Phi) is 11.9. The number of nitrogens with zero attached hydrogens (tertiary/aromatic N) is 2. The average Bonchev–Trinajstić information content (AvgIpc) is 2.04. The molecule has 0 aromatic rings. The highest BCUT2D eigenvalue weighted by atomic mass is 16.1. The van der Waals surface area contributed by atoms with Crippen LogP contribution in [0.3, 0.4) is 0 Å². The van der Waals surface area contributed by atoms with E-state index in [4.69, 9.17) is 0 Å². The summed E-state index contributed by atoms with van der Waals surface area (Å²) in [6, 6.07) is 0. The van der Waals surface area contributed by atoms with Gasteiger partial charge in [0.1, 0.15) is 0 Å². The highest BCUT2D eigenvalue weighted by molar-refractivity contribution is 5.45. The van der Waals surface area contributed by atoms with Gasteiger partial charge in [0.25, 0.3) is 0 Å². The summed E-state index contributed by atoms with van der Waals surface area (Å²) in [7, 11) is 7.63. The van der Waals surface area contributed by atoms with Gasteiger partial charge in [0.05, 0.1) is 0 Å². The van der Waals surface area contributed by atoms with Crippen molar-refractivity contribution >= 4 is 6.41 Å². The number of amides is 1. The van der Waals surface area contributed by atoms with Crippen molar-refractivity contribution < 1.29 is 4.79 Å². The zero-order chi connectivity index (χ0) is 11.6. The summed E-state index contributed by atoms with van der Waals surface area (Å²) in [5, 5.41) is 0. The first kappa shape index (κ1) is 15.9. The Bertz CT molecular complexity index is 114. The van der Waals surface area contributed by atoms with E-state index in [1.54, 1.807) is 14.1 Å². The highest BCUT2D eigenvalue weighted by Crippen LogP contribution is 2.02. The maximum atomic E-state index is 9.43. The summed E-state index contributed by atoms with van der Waals surface area (Å²) < 4.78 is 0. The smallest absolute Gasteiger partial charge is 0.209 e. The zero-order valence-corrected chi connectivity index (χ0v) is 10.6. The maximum Gasteiger partial charge on any atom is 0.209 e. The third kappa shape index (κ3) is 22.5. The van der Waals surface area contributed by atoms with Gasteiger partial charge in [0, 0.05) is 14.1 Å². The van der Waals surface area contributed by atoms with Crippen LogP contribution in [-0.2, 0) is 4.79 Å². The molecule has 86 valence electrons. The lowest BCUT2D eigenvalue weighted by Gasteiger charge is -2.09. The molecule has 3 heteroatoms. The SMILES string of the molecule is CC(C)CCCN(C)C.CN(C)C=O. The second-order valence-electron chi connectivity index (χ2n) is 4.41. The van der Waals surface area contributed by atoms with Crippen LogP contribution in [-0.4, -0.2) is 50.9 Å². The number of carbonyl (C=O) groups is 1. The molecule has 0 rings (SSSR count). The minimum absolute atomic E-state index is 0.750. The first-order chi connectivity index (χ1) is 6.40. The molecule has 0 bridgehead atoms. The van der Waals surface area contributed by atoms with Gasteiger partial charge in [-0.2, -0.15) is 0 Å². The van der Waals surface area contributed by atoms with Crippen molar-refractivity contribution in [2.24, 2.45) is 5.92 Å². The molecular formula is C11H26N2O. The summed E-state index contributed by atoms with van der Waals surface area (Å²) >= 11 is 0. The van der Waals surface area contributed by atoms with E-state index in [1.807, 2.05) is 0 Å². The standard InChI is InChI=1S/C8H19N.C3H7NO/c1-8(2)6-5-7-9(3)4;1-4(2)3-5/h8H,5-7H2,1-4H3;3H,1-2H3. The molecule has 0 unspecified atom stereocenters. The average molecular weight is 202 g/mol. The van der Waals surface area contributed by atoms with E-state index in [0.29, 0.717) is 0 Å². The Morgan fingerprint density at radius 1 is 1.14 bits per heavy atom. The zero-order valence-electron chi connectivity index (χ0n) is 10.6. The predicted octanol–water partition coefficient (Wildman–Crippen LogP) is 1.69. The van der Waals surface area contributed by atoms with Crippen LogP contribution < -0.4 is 0 Å². The Morgan fingerprint density at radius 3 is 1.79 bits per heavy atom. The van der Waals surface area contributed by atoms with Crippen LogP contribution in [0.2, 0.25) is 0 Å². The van der Waals surface area contributed by atoms with E-state index < -0.39 is 0 Å². The van der Waals surface area contributed by atoms with E-state index in [2.05, 4.69) is 32.8 Å². The van der Waals surface area contributed by atoms with Crippen molar-refractivity contribution in [1.82, 2.24) is 9.80 Å². The monoisotopic (exact) mass is 202 g/mol. The first-order valence-corrected chi connectivity index (χ1v) is 5.16. The Hall–Kier alpha value is -0.570. The lowest BCUT2D eigenvalue weighted by atomic mass is 10.1. The van der Waals surface area contributed by atoms with E-state index in [1.165, 1.54) is 24.3 Å². The molecule has 0 aliphatic heterocycles. The van der Waals surface area contributed by atoms with Gasteiger partial charge in [0.15, 0.2) is 0 Å². The Morgan fingerprint density at radius 2 is 1.57 bits per heavy atom. The maximum absolute atomic E-state index is 9.43. The van der Waals surface area contributed by atoms with Crippen LogP contribution in [0.1, 0.15) is 26.7 Å². The van der Waals surface area contributed by atoms with Gasteiger partial charge in [-0.3, -0.25) is 4.79 Å². The molecule has 0 radical (unpaired) electrons. The molecule has 1 amide bonds. The lowest BCUT2D eigenvalue weighted by molar-refractivity contribution is -0.115. The van der Waals surface area contributed by atoms with Crippen molar-refractivity contribution in [2.45, 2.75) is 26.7 Å². The van der Waals surface area contributed by atoms with Gasteiger partial charge in [-0.25, -0.2) is 0 Å². The molecule has 0 N–H and O–H groups in total. The largest absolute Gasteiger partial charge is 0.351 e. The van der Waals surface area contributed by atoms with Crippen molar-refractivity contribution in [3.8, 4) is 0 Å². The second kappa shape index (κ2) is 10.5. The number of hydrogen-bond acceptors (Lipinski definition) is 2. The van der Waals surface area contributed by atoms with Crippen molar-refractivity contribution in [1.29, 1.82) is 0 Å². The molecule has 0 heterocycles. The summed E-state index contributed by atoms with van der Waals surface area (Å²) in [4.78, 5) is 13.1. The fourth-order valence-corrected chi connectivity index (χ4v) is 0.816. The van der Waals surface area contributed by atoms with Crippen LogP contribution in [0.25, 0.3) is 0 Å². The van der Waals surface area contributed by atoms with Gasteiger partial charge in [-0.15, -0.1) is 0 Å². The molecule has 0 aromatic carbocycles. The van der Waals surface area contributed by atoms with Crippen LogP contribution in [0.5, 0.6) is 0 Å². The molecule has 0 saturated carbocycles. The lowest BCUT2D eigenvalue weighted by Crippen LogP contribution is -2.13. The van der Waals surface area contributed by atoms with E-state index >= 15 is 0 Å². The van der Waals surface area contributed by atoms with Crippen molar-refractivity contribution in [3.63, 3.8) is 0 Å². The van der Waals surface area contributed by atoms with Crippen LogP contribution in [0, 0.1) is 5.92 Å². The van der Waals surface area contributed by atoms with Crippen LogP contribution >= 0.6 is 0 Å². The van der Waals surface area contributed by atoms with Crippen molar-refractivity contribution in [3.05, 3.63) is 0 Å². The minimum atomic E-state index is 0.750. The summed E-state index contributed by atoms with van der Waals surface area (Å²) in [5.74, 6) is 0.866. The summed E-state index contributed by atoms with van der Waals surface area (Å²) in [6.07, 6.45) is 3.45. The van der Waals surface area contributed by atoms with E-state index in [9.17, 15) is 4.79 Å². The van der Waals surface area contributed by atoms with E-state index in [-0.39, 0.29) is 0 Å². The number of hydrogen-bond donors (Lipinski definition) is 0. The van der Waals surface area contributed by atoms with Gasteiger partial charge < -0.3 is 9.80 Å². The molecule has 0 aromatic heterocycles. The highest BCUT2D eigenvalue weighted by Gasteiger charge is 1.93. The molecule has 0 fully saturated rings. The molecule has 0 spiro atoms. The third-order valence-electron chi connectivity index (χ3n) is 1.60. The predicted molar refractivity (Wildman–Crippen MR) is 62.4 cm³/mol. The van der Waals surface area contributed by atoms with Crippen LogP contribution in [0.4, 0.5) is 0 Å². The minimum Gasteiger partial charge on any atom is -0.351 e. The topological polar surface area (TPSA) is 23.6 Å². The number of rotatable bonds is 5. The molecule has 14 heavy (non-hydrogen) atoms. The van der Waals surface area contributed by atoms with E-state index in [0.717, 1.165) is 12.3 Å². The first-order valence-electron chi connectivity index (χ1n) is 5.16. The molecular weight excluding hydrogens is 176 g/mol. The third-order valence-corrected chi connectivity index (χ3v) is 1.60. The van der Waals surface area contributed by atoms with Gasteiger partial charge in [0.2, 0.25) is 6.41 Å². The fraction of sp³-hybridized carbons (Fsp3) is 0.909. The second-order valence-corrected chi connectivity index (χ2v) is 4.41. The molecule has 0 saturated heterocycles. The number of carbonyl (C=O) groups excluding carboxylic acids is 1. The van der Waals surface area contributed by atoms with Gasteiger partial charge in [-0.1, -0.05) is 13.8 Å². The fourth-order valence-electron chi connectivity index (χ4n) is 0.816. The normalized spacial score (nSPS) is 9.71. The summed E-state index contributed by atoms with van der Waals surface area (Å²) in [5.41, 5.74) is 0. The van der Waals surface area contributed by atoms with Crippen LogP contribution in [0.15, 0.2) is 0 Å². The quantitative estimate of drug-likeness (QED) is 0.633. The van der Waals surface area contributed by atoms with Gasteiger partial charge in [-0.05, 0) is 39.4 Å². The van der Waals surface area contributed by atoms with Gasteiger partial charge >= 0.3 is 0 Å². The molecule has 0 atom stereocenters. The molecule has 0 aliphatic carbocycles. The Balaban J connectivity index is 0. The molecule has 3 nitrogen and oxygen atoms in total. The van der Waals surface area contributed by atoms with Crippen molar-refractivity contribution in [2.75, 3.05) is 34.7 Å². The molecule has 0 aliphatic rings.